The number of nitrogens with two attached hydrogens (primary N) is 1. The van der Waals surface area contributed by atoms with Crippen LogP contribution in [0, 0.1) is 0 Å². The fourth-order valence-electron chi connectivity index (χ4n) is 1.58. The minimum Gasteiger partial charge on any atom is -0.367 e. The second-order valence-electron chi connectivity index (χ2n) is 3.72. The zero-order valence-electron chi connectivity index (χ0n) is 9.30. The van der Waals surface area contributed by atoms with Gasteiger partial charge in [-0.15, -0.1) is 0 Å². The van der Waals surface area contributed by atoms with Crippen molar-refractivity contribution in [2.24, 2.45) is 5.73 Å². The Labute approximate surface area is 110 Å². The summed E-state index contributed by atoms with van der Waals surface area (Å²) in [5.74, 6) is 0. The lowest BCUT2D eigenvalue weighted by molar-refractivity contribution is 0.0459. The minimum absolute atomic E-state index is 0.0415. The van der Waals surface area contributed by atoms with Gasteiger partial charge in [0.15, 0.2) is 0 Å². The third-order valence-electron chi connectivity index (χ3n) is 2.47. The predicted octanol–water partition coefficient (Wildman–Crippen LogP) is 3.62. The van der Waals surface area contributed by atoms with Gasteiger partial charge in [-0.3, -0.25) is 0 Å². The average Bonchev–Trinajstić information content (AvgIpc) is 2.84. The molecule has 1 aromatic carbocycles. The number of rotatable bonds is 5. The van der Waals surface area contributed by atoms with Crippen LogP contribution >= 0.6 is 22.9 Å². The third kappa shape index (κ3) is 3.54. The molecule has 0 bridgehead atoms. The fraction of sp³-hybridized carbons (Fsp3) is 0.231. The summed E-state index contributed by atoms with van der Waals surface area (Å²) in [6, 6.07) is 9.71. The first kappa shape index (κ1) is 12.6. The van der Waals surface area contributed by atoms with Gasteiger partial charge in [0.05, 0.1) is 12.7 Å². The molecule has 1 aromatic heterocycles. The summed E-state index contributed by atoms with van der Waals surface area (Å²) in [6.07, 6.45) is -0.0415. The Morgan fingerprint density at radius 1 is 1.35 bits per heavy atom. The Bertz CT molecular complexity index is 458. The van der Waals surface area contributed by atoms with E-state index in [0.29, 0.717) is 13.2 Å². The van der Waals surface area contributed by atoms with Crippen LogP contribution in [0.25, 0.3) is 0 Å². The first-order chi connectivity index (χ1) is 8.29. The van der Waals surface area contributed by atoms with Gasteiger partial charge in [-0.1, -0.05) is 23.7 Å². The molecule has 0 saturated carbocycles. The number of hydrogen-bond acceptors (Lipinski definition) is 3. The molecule has 0 fully saturated rings. The monoisotopic (exact) mass is 267 g/mol. The molecule has 0 amide bonds. The molecule has 0 radical (unpaired) electrons. The van der Waals surface area contributed by atoms with Gasteiger partial charge in [0.25, 0.3) is 0 Å². The maximum atomic E-state index is 5.92. The van der Waals surface area contributed by atoms with E-state index in [-0.39, 0.29) is 6.10 Å². The van der Waals surface area contributed by atoms with Crippen LogP contribution in [-0.4, -0.2) is 6.54 Å². The molecule has 0 aliphatic carbocycles. The van der Waals surface area contributed by atoms with Crippen molar-refractivity contribution < 1.29 is 4.74 Å². The summed E-state index contributed by atoms with van der Waals surface area (Å²) in [5, 5.41) is 4.82. The van der Waals surface area contributed by atoms with Crippen LogP contribution in [-0.2, 0) is 11.3 Å². The Hall–Kier alpha value is -0.870. The van der Waals surface area contributed by atoms with E-state index in [2.05, 4.69) is 5.38 Å². The molecule has 4 heteroatoms. The number of benzene rings is 1. The normalized spacial score (nSPS) is 12.6. The number of halogens is 1. The summed E-state index contributed by atoms with van der Waals surface area (Å²) < 4.78 is 5.80. The second kappa shape index (κ2) is 6.17. The van der Waals surface area contributed by atoms with Crippen molar-refractivity contribution in [2.75, 3.05) is 6.54 Å². The molecular weight excluding hydrogens is 254 g/mol. The highest BCUT2D eigenvalue weighted by Gasteiger charge is 2.10. The quantitative estimate of drug-likeness (QED) is 0.898. The van der Waals surface area contributed by atoms with Crippen molar-refractivity contribution in [1.82, 2.24) is 0 Å². The van der Waals surface area contributed by atoms with Gasteiger partial charge in [-0.2, -0.15) is 11.3 Å². The highest BCUT2D eigenvalue weighted by atomic mass is 35.5. The number of thiophene rings is 1. The zero-order chi connectivity index (χ0) is 12.1. The highest BCUT2D eigenvalue weighted by Crippen LogP contribution is 2.21. The fourth-order valence-corrected chi connectivity index (χ4v) is 2.50. The molecule has 2 aromatic rings. The molecule has 0 aliphatic rings. The van der Waals surface area contributed by atoms with Gasteiger partial charge in [-0.05, 0) is 40.1 Å². The van der Waals surface area contributed by atoms with E-state index < -0.39 is 0 Å². The molecule has 0 aliphatic heterocycles. The molecular formula is C13H14ClNOS. The molecule has 2 rings (SSSR count). The van der Waals surface area contributed by atoms with Crippen molar-refractivity contribution in [3.8, 4) is 0 Å². The van der Waals surface area contributed by atoms with E-state index in [1.54, 1.807) is 11.3 Å². The maximum Gasteiger partial charge on any atom is 0.0959 e. The Morgan fingerprint density at radius 3 is 2.88 bits per heavy atom. The Kier molecular flexibility index (Phi) is 4.57. The van der Waals surface area contributed by atoms with E-state index >= 15 is 0 Å². The van der Waals surface area contributed by atoms with E-state index in [1.807, 2.05) is 35.7 Å². The van der Waals surface area contributed by atoms with Gasteiger partial charge in [0, 0.05) is 11.6 Å². The van der Waals surface area contributed by atoms with Crippen LogP contribution in [0.3, 0.4) is 0 Å². The molecule has 0 spiro atoms. The van der Waals surface area contributed by atoms with Gasteiger partial charge in [0.2, 0.25) is 0 Å². The van der Waals surface area contributed by atoms with E-state index in [0.717, 1.165) is 16.1 Å². The molecule has 1 atom stereocenters. The molecule has 17 heavy (non-hydrogen) atoms. The first-order valence-electron chi connectivity index (χ1n) is 5.38. The Morgan fingerprint density at radius 2 is 2.24 bits per heavy atom. The molecule has 2 nitrogen and oxygen atoms in total. The lowest BCUT2D eigenvalue weighted by atomic mass is 10.2. The van der Waals surface area contributed by atoms with Crippen molar-refractivity contribution >= 4 is 22.9 Å². The first-order valence-corrected chi connectivity index (χ1v) is 6.70. The van der Waals surface area contributed by atoms with Crippen LogP contribution in [0.2, 0.25) is 5.02 Å². The molecule has 2 N–H and O–H groups in total. The average molecular weight is 268 g/mol. The predicted molar refractivity (Wildman–Crippen MR) is 72.4 cm³/mol. The smallest absolute Gasteiger partial charge is 0.0959 e. The summed E-state index contributed by atoms with van der Waals surface area (Å²) in [5.41, 5.74) is 7.91. The Balaban J connectivity index is 1.97. The van der Waals surface area contributed by atoms with E-state index in [4.69, 9.17) is 22.1 Å². The second-order valence-corrected chi connectivity index (χ2v) is 4.94. The highest BCUT2D eigenvalue weighted by molar-refractivity contribution is 7.07. The molecule has 1 heterocycles. The van der Waals surface area contributed by atoms with Gasteiger partial charge in [-0.25, -0.2) is 0 Å². The van der Waals surface area contributed by atoms with Crippen molar-refractivity contribution in [3.05, 3.63) is 57.2 Å². The van der Waals surface area contributed by atoms with Crippen LogP contribution in [0.5, 0.6) is 0 Å². The largest absolute Gasteiger partial charge is 0.367 e. The van der Waals surface area contributed by atoms with Gasteiger partial charge in [0.1, 0.15) is 0 Å². The minimum atomic E-state index is -0.0415. The number of ether oxygens (including phenoxy) is 1. The van der Waals surface area contributed by atoms with Crippen molar-refractivity contribution in [1.29, 1.82) is 0 Å². The van der Waals surface area contributed by atoms with Crippen molar-refractivity contribution in [3.63, 3.8) is 0 Å². The van der Waals surface area contributed by atoms with E-state index in [9.17, 15) is 0 Å². The maximum absolute atomic E-state index is 5.92. The summed E-state index contributed by atoms with van der Waals surface area (Å²) in [6.45, 7) is 1.01. The molecule has 1 unspecified atom stereocenters. The molecule has 0 saturated heterocycles. The summed E-state index contributed by atoms with van der Waals surface area (Å²) in [7, 11) is 0. The lowest BCUT2D eigenvalue weighted by Crippen LogP contribution is -2.15. The van der Waals surface area contributed by atoms with Crippen LogP contribution < -0.4 is 5.73 Å². The zero-order valence-corrected chi connectivity index (χ0v) is 10.9. The van der Waals surface area contributed by atoms with E-state index in [1.165, 1.54) is 0 Å². The standard InChI is InChI=1S/C13H14ClNOS/c14-12-3-1-2-10(6-12)8-16-13(7-15)11-4-5-17-9-11/h1-6,9,13H,7-8,15H2. The third-order valence-corrected chi connectivity index (χ3v) is 3.41. The number of hydrogen-bond donors (Lipinski definition) is 1. The SMILES string of the molecule is NCC(OCc1cccc(Cl)c1)c1ccsc1. The molecule has 90 valence electrons. The van der Waals surface area contributed by atoms with Crippen LogP contribution in [0.1, 0.15) is 17.2 Å². The topological polar surface area (TPSA) is 35.2 Å². The van der Waals surface area contributed by atoms with Crippen molar-refractivity contribution in [2.45, 2.75) is 12.7 Å². The van der Waals surface area contributed by atoms with Crippen LogP contribution in [0.15, 0.2) is 41.1 Å². The van der Waals surface area contributed by atoms with Gasteiger partial charge < -0.3 is 10.5 Å². The van der Waals surface area contributed by atoms with Gasteiger partial charge >= 0.3 is 0 Å². The van der Waals surface area contributed by atoms with Crippen LogP contribution in [0.4, 0.5) is 0 Å². The lowest BCUT2D eigenvalue weighted by Gasteiger charge is -2.14. The summed E-state index contributed by atoms with van der Waals surface area (Å²) in [4.78, 5) is 0. The summed E-state index contributed by atoms with van der Waals surface area (Å²) >= 11 is 7.57.